The molecule has 1 amide bonds. The standard InChI is InChI=1S/C18H24N6O/c1-23-15(4-8-21-23)2-3-17(25)24-9-6-18(12-24)10-14(11-18)22-16-5-7-19-13-20-16/h4-5,7-8,13-14H,2-3,6,9-12H2,1H3,(H,19,20,22). The monoisotopic (exact) mass is 340 g/mol. The van der Waals surface area contributed by atoms with Gasteiger partial charge in [-0.05, 0) is 43.2 Å². The third kappa shape index (κ3) is 3.36. The van der Waals surface area contributed by atoms with E-state index in [0.717, 1.165) is 50.3 Å². The van der Waals surface area contributed by atoms with Crippen molar-refractivity contribution >= 4 is 11.7 Å². The Hall–Kier alpha value is -2.44. The van der Waals surface area contributed by atoms with Gasteiger partial charge in [0.2, 0.25) is 5.91 Å². The van der Waals surface area contributed by atoms with Crippen molar-refractivity contribution in [3.63, 3.8) is 0 Å². The third-order valence-corrected chi connectivity index (χ3v) is 5.60. The minimum atomic E-state index is 0.269. The highest BCUT2D eigenvalue weighted by atomic mass is 16.2. The van der Waals surface area contributed by atoms with E-state index in [1.807, 2.05) is 23.9 Å². The highest BCUT2D eigenvalue weighted by Crippen LogP contribution is 2.49. The number of anilines is 1. The minimum Gasteiger partial charge on any atom is -0.367 e. The van der Waals surface area contributed by atoms with Gasteiger partial charge in [-0.1, -0.05) is 0 Å². The molecule has 0 aromatic carbocycles. The molecule has 7 heteroatoms. The van der Waals surface area contributed by atoms with Crippen LogP contribution >= 0.6 is 0 Å². The molecule has 0 bridgehead atoms. The van der Waals surface area contributed by atoms with Crippen LogP contribution in [-0.2, 0) is 18.3 Å². The molecule has 132 valence electrons. The van der Waals surface area contributed by atoms with Crippen molar-refractivity contribution in [2.75, 3.05) is 18.4 Å². The lowest BCUT2D eigenvalue weighted by molar-refractivity contribution is -0.130. The molecule has 1 spiro atoms. The SMILES string of the molecule is Cn1nccc1CCC(=O)N1CCC2(CC(Nc3ccncn3)C2)C1. The number of aromatic nitrogens is 4. The Kier molecular flexibility index (Phi) is 4.15. The zero-order chi connectivity index (χ0) is 17.3. The van der Waals surface area contributed by atoms with Gasteiger partial charge in [-0.3, -0.25) is 9.48 Å². The largest absolute Gasteiger partial charge is 0.367 e. The van der Waals surface area contributed by atoms with E-state index in [2.05, 4.69) is 25.3 Å². The summed E-state index contributed by atoms with van der Waals surface area (Å²) in [7, 11) is 1.92. The average molecular weight is 340 g/mol. The second-order valence-electron chi connectivity index (χ2n) is 7.36. The van der Waals surface area contributed by atoms with Crippen LogP contribution in [0.1, 0.15) is 31.4 Å². The quantitative estimate of drug-likeness (QED) is 0.895. The number of aryl methyl sites for hydroxylation is 2. The zero-order valence-electron chi connectivity index (χ0n) is 14.6. The molecule has 2 aromatic rings. The molecule has 0 unspecified atom stereocenters. The van der Waals surface area contributed by atoms with Crippen LogP contribution in [0.3, 0.4) is 0 Å². The second kappa shape index (κ2) is 6.46. The molecular formula is C18H24N6O. The van der Waals surface area contributed by atoms with E-state index in [0.29, 0.717) is 17.9 Å². The van der Waals surface area contributed by atoms with Crippen molar-refractivity contribution in [1.82, 2.24) is 24.6 Å². The predicted octanol–water partition coefficient (Wildman–Crippen LogP) is 1.64. The van der Waals surface area contributed by atoms with Crippen molar-refractivity contribution in [2.24, 2.45) is 12.5 Å². The maximum absolute atomic E-state index is 12.5. The summed E-state index contributed by atoms with van der Waals surface area (Å²) < 4.78 is 1.84. The Morgan fingerprint density at radius 2 is 2.24 bits per heavy atom. The summed E-state index contributed by atoms with van der Waals surface area (Å²) in [5.41, 5.74) is 1.42. The molecule has 1 aliphatic heterocycles. The predicted molar refractivity (Wildman–Crippen MR) is 93.8 cm³/mol. The summed E-state index contributed by atoms with van der Waals surface area (Å²) in [6.07, 6.45) is 9.77. The number of likely N-dealkylation sites (tertiary alicyclic amines) is 1. The summed E-state index contributed by atoms with van der Waals surface area (Å²) in [4.78, 5) is 22.7. The molecule has 3 heterocycles. The normalized spacial score (nSPS) is 25.2. The Labute approximate surface area is 147 Å². The first-order chi connectivity index (χ1) is 12.1. The van der Waals surface area contributed by atoms with Crippen LogP contribution in [-0.4, -0.2) is 49.7 Å². The Balaban J connectivity index is 1.25. The van der Waals surface area contributed by atoms with E-state index < -0.39 is 0 Å². The first-order valence-corrected chi connectivity index (χ1v) is 8.91. The van der Waals surface area contributed by atoms with Gasteiger partial charge in [-0.25, -0.2) is 9.97 Å². The van der Waals surface area contributed by atoms with Crippen LogP contribution < -0.4 is 5.32 Å². The van der Waals surface area contributed by atoms with Crippen molar-refractivity contribution in [3.8, 4) is 0 Å². The minimum absolute atomic E-state index is 0.269. The number of hydrogen-bond acceptors (Lipinski definition) is 5. The number of rotatable bonds is 5. The number of nitrogens with zero attached hydrogens (tertiary/aromatic N) is 5. The summed E-state index contributed by atoms with van der Waals surface area (Å²) >= 11 is 0. The van der Waals surface area contributed by atoms with Gasteiger partial charge in [-0.15, -0.1) is 0 Å². The van der Waals surface area contributed by atoms with E-state index in [-0.39, 0.29) is 5.91 Å². The van der Waals surface area contributed by atoms with Crippen molar-refractivity contribution in [2.45, 2.75) is 38.1 Å². The smallest absolute Gasteiger partial charge is 0.222 e. The fourth-order valence-electron chi connectivity index (χ4n) is 4.19. The summed E-state index contributed by atoms with van der Waals surface area (Å²) in [6, 6.07) is 4.33. The first-order valence-electron chi connectivity index (χ1n) is 8.91. The molecule has 25 heavy (non-hydrogen) atoms. The van der Waals surface area contributed by atoms with Crippen LogP contribution in [0, 0.1) is 5.41 Å². The molecule has 2 aromatic heterocycles. The topological polar surface area (TPSA) is 75.9 Å². The number of hydrogen-bond donors (Lipinski definition) is 1. The summed E-state index contributed by atoms with van der Waals surface area (Å²) in [6.45, 7) is 1.80. The molecule has 1 saturated carbocycles. The lowest BCUT2D eigenvalue weighted by Gasteiger charge is -2.45. The van der Waals surface area contributed by atoms with Crippen molar-refractivity contribution in [3.05, 3.63) is 36.5 Å². The van der Waals surface area contributed by atoms with Gasteiger partial charge in [0.1, 0.15) is 12.1 Å². The zero-order valence-corrected chi connectivity index (χ0v) is 14.6. The highest BCUT2D eigenvalue weighted by molar-refractivity contribution is 5.76. The average Bonchev–Trinajstić information content (AvgIpc) is 3.20. The maximum atomic E-state index is 12.5. The molecule has 0 atom stereocenters. The van der Waals surface area contributed by atoms with Gasteiger partial charge < -0.3 is 10.2 Å². The van der Waals surface area contributed by atoms with E-state index in [1.165, 1.54) is 0 Å². The number of amides is 1. The van der Waals surface area contributed by atoms with Gasteiger partial charge in [0.25, 0.3) is 0 Å². The highest BCUT2D eigenvalue weighted by Gasteiger charge is 2.49. The van der Waals surface area contributed by atoms with Gasteiger partial charge in [0.15, 0.2) is 0 Å². The van der Waals surface area contributed by atoms with Gasteiger partial charge in [0.05, 0.1) is 0 Å². The van der Waals surface area contributed by atoms with Gasteiger partial charge in [0, 0.05) is 50.7 Å². The lowest BCUT2D eigenvalue weighted by atomic mass is 9.65. The summed E-state index contributed by atoms with van der Waals surface area (Å²) in [5, 5.41) is 7.62. The molecule has 2 fully saturated rings. The van der Waals surface area contributed by atoms with Crippen LogP contribution in [0.25, 0.3) is 0 Å². The van der Waals surface area contributed by atoms with Crippen LogP contribution in [0.4, 0.5) is 5.82 Å². The van der Waals surface area contributed by atoms with Crippen LogP contribution in [0.5, 0.6) is 0 Å². The fraction of sp³-hybridized carbons (Fsp3) is 0.556. The number of nitrogens with one attached hydrogen (secondary N) is 1. The van der Waals surface area contributed by atoms with Crippen LogP contribution in [0.2, 0.25) is 0 Å². The molecule has 0 radical (unpaired) electrons. The molecular weight excluding hydrogens is 316 g/mol. The van der Waals surface area contributed by atoms with Crippen molar-refractivity contribution in [1.29, 1.82) is 0 Å². The Bertz CT molecular complexity index is 737. The van der Waals surface area contributed by atoms with Crippen LogP contribution in [0.15, 0.2) is 30.9 Å². The molecule has 1 saturated heterocycles. The molecule has 2 aliphatic rings. The summed E-state index contributed by atoms with van der Waals surface area (Å²) in [5.74, 6) is 1.15. The second-order valence-corrected chi connectivity index (χ2v) is 7.36. The van der Waals surface area contributed by atoms with Gasteiger partial charge >= 0.3 is 0 Å². The molecule has 1 aliphatic carbocycles. The first kappa shape index (κ1) is 16.1. The lowest BCUT2D eigenvalue weighted by Crippen LogP contribution is -2.47. The molecule has 7 nitrogen and oxygen atoms in total. The fourth-order valence-corrected chi connectivity index (χ4v) is 4.19. The van der Waals surface area contributed by atoms with Crippen molar-refractivity contribution < 1.29 is 4.79 Å². The van der Waals surface area contributed by atoms with E-state index >= 15 is 0 Å². The number of carbonyl (C=O) groups is 1. The Morgan fingerprint density at radius 1 is 1.36 bits per heavy atom. The van der Waals surface area contributed by atoms with E-state index in [4.69, 9.17) is 0 Å². The number of carbonyl (C=O) groups excluding carboxylic acids is 1. The third-order valence-electron chi connectivity index (χ3n) is 5.60. The molecule has 4 rings (SSSR count). The van der Waals surface area contributed by atoms with E-state index in [9.17, 15) is 4.79 Å². The Morgan fingerprint density at radius 3 is 2.96 bits per heavy atom. The maximum Gasteiger partial charge on any atom is 0.222 e. The van der Waals surface area contributed by atoms with E-state index in [1.54, 1.807) is 18.7 Å². The molecule has 1 N–H and O–H groups in total. The van der Waals surface area contributed by atoms with Gasteiger partial charge in [-0.2, -0.15) is 5.10 Å².